The lowest BCUT2D eigenvalue weighted by molar-refractivity contribution is 0.306. The van der Waals surface area contributed by atoms with Crippen molar-refractivity contribution in [1.29, 1.82) is 0 Å². The highest BCUT2D eigenvalue weighted by molar-refractivity contribution is 6.35. The molecule has 90 valence electrons. The topological polar surface area (TPSA) is 22.4 Å². The van der Waals surface area contributed by atoms with Gasteiger partial charge in [0.25, 0.3) is 0 Å². The van der Waals surface area contributed by atoms with Crippen molar-refractivity contribution in [3.05, 3.63) is 52.4 Å². The second-order valence-electron chi connectivity index (χ2n) is 3.61. The average Bonchev–Trinajstić information content (AvgIpc) is 2.79. The minimum absolute atomic E-state index is 0.537. The maximum Gasteiger partial charge on any atom is 0.137 e. The van der Waals surface area contributed by atoms with E-state index in [2.05, 4.69) is 0 Å². The first-order valence-electron chi connectivity index (χ1n) is 5.36. The molecule has 0 radical (unpaired) electrons. The number of furan rings is 1. The van der Waals surface area contributed by atoms with Crippen LogP contribution >= 0.6 is 23.2 Å². The molecule has 17 heavy (non-hydrogen) atoms. The second-order valence-corrected chi connectivity index (χ2v) is 4.45. The van der Waals surface area contributed by atoms with Gasteiger partial charge in [0.2, 0.25) is 0 Å². The van der Waals surface area contributed by atoms with E-state index in [0.717, 1.165) is 18.6 Å². The van der Waals surface area contributed by atoms with E-state index in [1.165, 1.54) is 0 Å². The minimum Gasteiger partial charge on any atom is -0.492 e. The van der Waals surface area contributed by atoms with Crippen LogP contribution in [0.1, 0.15) is 12.2 Å². The molecule has 0 bridgehead atoms. The Labute approximate surface area is 110 Å². The smallest absolute Gasteiger partial charge is 0.137 e. The van der Waals surface area contributed by atoms with Gasteiger partial charge in [0.15, 0.2) is 0 Å². The number of rotatable bonds is 5. The molecule has 0 spiro atoms. The summed E-state index contributed by atoms with van der Waals surface area (Å²) in [6, 6.07) is 9.04. The second kappa shape index (κ2) is 5.99. The fourth-order valence-electron chi connectivity index (χ4n) is 1.48. The van der Waals surface area contributed by atoms with Crippen molar-refractivity contribution in [2.24, 2.45) is 0 Å². The van der Waals surface area contributed by atoms with Crippen molar-refractivity contribution in [3.63, 3.8) is 0 Å². The molecule has 0 N–H and O–H groups in total. The van der Waals surface area contributed by atoms with E-state index >= 15 is 0 Å². The summed E-state index contributed by atoms with van der Waals surface area (Å²) in [5.74, 6) is 1.63. The average molecular weight is 271 g/mol. The van der Waals surface area contributed by atoms with Crippen molar-refractivity contribution < 1.29 is 9.15 Å². The monoisotopic (exact) mass is 270 g/mol. The first kappa shape index (κ1) is 12.3. The Kier molecular flexibility index (Phi) is 4.35. The third kappa shape index (κ3) is 3.69. The summed E-state index contributed by atoms with van der Waals surface area (Å²) in [7, 11) is 0. The molecule has 4 heteroatoms. The van der Waals surface area contributed by atoms with E-state index in [-0.39, 0.29) is 0 Å². The Hall–Kier alpha value is -1.12. The Morgan fingerprint density at radius 3 is 2.76 bits per heavy atom. The summed E-state index contributed by atoms with van der Waals surface area (Å²) >= 11 is 11.8. The molecular weight excluding hydrogens is 259 g/mol. The van der Waals surface area contributed by atoms with Crippen LogP contribution in [0.3, 0.4) is 0 Å². The Morgan fingerprint density at radius 1 is 1.18 bits per heavy atom. The van der Waals surface area contributed by atoms with Crippen LogP contribution in [0.15, 0.2) is 41.0 Å². The molecule has 0 atom stereocenters. The number of hydrogen-bond donors (Lipinski definition) is 0. The van der Waals surface area contributed by atoms with Gasteiger partial charge in [-0.15, -0.1) is 0 Å². The highest BCUT2D eigenvalue weighted by atomic mass is 35.5. The Balaban J connectivity index is 1.78. The van der Waals surface area contributed by atoms with Gasteiger partial charge in [-0.2, -0.15) is 0 Å². The van der Waals surface area contributed by atoms with Crippen LogP contribution in [-0.2, 0) is 6.42 Å². The van der Waals surface area contributed by atoms with E-state index in [1.54, 1.807) is 24.5 Å². The molecule has 0 amide bonds. The van der Waals surface area contributed by atoms with E-state index in [0.29, 0.717) is 22.4 Å². The Bertz CT molecular complexity index is 466. The van der Waals surface area contributed by atoms with Gasteiger partial charge in [-0.3, -0.25) is 0 Å². The van der Waals surface area contributed by atoms with Crippen LogP contribution in [0.2, 0.25) is 10.0 Å². The van der Waals surface area contributed by atoms with E-state index in [4.69, 9.17) is 32.4 Å². The molecule has 2 rings (SSSR count). The highest BCUT2D eigenvalue weighted by Gasteiger charge is 2.02. The molecule has 1 aromatic heterocycles. The van der Waals surface area contributed by atoms with Crippen LogP contribution in [0.4, 0.5) is 0 Å². The van der Waals surface area contributed by atoms with Crippen molar-refractivity contribution in [2.75, 3.05) is 6.61 Å². The third-order valence-corrected chi connectivity index (χ3v) is 2.83. The lowest BCUT2D eigenvalue weighted by Gasteiger charge is -2.07. The van der Waals surface area contributed by atoms with Gasteiger partial charge in [-0.05, 0) is 36.8 Å². The van der Waals surface area contributed by atoms with Crippen LogP contribution in [0, 0.1) is 0 Å². The summed E-state index contributed by atoms with van der Waals surface area (Å²) in [6.45, 7) is 0.599. The first-order chi connectivity index (χ1) is 8.25. The van der Waals surface area contributed by atoms with Crippen LogP contribution < -0.4 is 4.74 Å². The van der Waals surface area contributed by atoms with Crippen LogP contribution in [-0.4, -0.2) is 6.61 Å². The molecule has 2 nitrogen and oxygen atoms in total. The lowest BCUT2D eigenvalue weighted by Crippen LogP contribution is -1.99. The largest absolute Gasteiger partial charge is 0.492 e. The molecular formula is C13H12Cl2O2. The maximum absolute atomic E-state index is 5.98. The lowest BCUT2D eigenvalue weighted by atomic mass is 10.2. The van der Waals surface area contributed by atoms with Gasteiger partial charge in [-0.1, -0.05) is 23.2 Å². The van der Waals surface area contributed by atoms with Crippen molar-refractivity contribution in [1.82, 2.24) is 0 Å². The number of halogens is 2. The zero-order valence-electron chi connectivity index (χ0n) is 9.16. The first-order valence-corrected chi connectivity index (χ1v) is 6.11. The normalized spacial score (nSPS) is 10.5. The van der Waals surface area contributed by atoms with Gasteiger partial charge in [0.05, 0.1) is 17.9 Å². The van der Waals surface area contributed by atoms with Gasteiger partial charge in [0, 0.05) is 11.4 Å². The minimum atomic E-state index is 0.537. The standard InChI is InChI=1S/C13H12Cl2O2/c14-10-5-6-13(12(15)9-10)17-8-2-4-11-3-1-7-16-11/h1,3,5-7,9H,2,4,8H2. The predicted molar refractivity (Wildman–Crippen MR) is 69.0 cm³/mol. The zero-order chi connectivity index (χ0) is 12.1. The molecule has 0 unspecified atom stereocenters. The fourth-order valence-corrected chi connectivity index (χ4v) is 1.94. The summed E-state index contributed by atoms with van der Waals surface area (Å²) in [5.41, 5.74) is 0. The number of benzene rings is 1. The molecule has 1 aromatic carbocycles. The third-order valence-electron chi connectivity index (χ3n) is 2.30. The highest BCUT2D eigenvalue weighted by Crippen LogP contribution is 2.27. The molecule has 1 heterocycles. The zero-order valence-corrected chi connectivity index (χ0v) is 10.7. The summed E-state index contributed by atoms with van der Waals surface area (Å²) < 4.78 is 10.8. The molecule has 0 saturated heterocycles. The van der Waals surface area contributed by atoms with Gasteiger partial charge in [-0.25, -0.2) is 0 Å². The maximum atomic E-state index is 5.98. The molecule has 0 saturated carbocycles. The quantitative estimate of drug-likeness (QED) is 0.741. The molecule has 2 aromatic rings. The SMILES string of the molecule is Clc1ccc(OCCCc2ccco2)c(Cl)c1. The molecule has 0 aliphatic carbocycles. The Morgan fingerprint density at radius 2 is 2.06 bits per heavy atom. The number of ether oxygens (including phenoxy) is 1. The van der Waals surface area contributed by atoms with Crippen molar-refractivity contribution in [2.45, 2.75) is 12.8 Å². The fraction of sp³-hybridized carbons (Fsp3) is 0.231. The molecule has 0 aliphatic rings. The van der Waals surface area contributed by atoms with Crippen LogP contribution in [0.5, 0.6) is 5.75 Å². The summed E-state index contributed by atoms with van der Waals surface area (Å²) in [4.78, 5) is 0. The van der Waals surface area contributed by atoms with Gasteiger partial charge < -0.3 is 9.15 Å². The summed E-state index contributed by atoms with van der Waals surface area (Å²) in [5, 5.41) is 1.15. The number of hydrogen-bond acceptors (Lipinski definition) is 2. The molecule has 0 fully saturated rings. The number of aryl methyl sites for hydroxylation is 1. The van der Waals surface area contributed by atoms with Crippen LogP contribution in [0.25, 0.3) is 0 Å². The van der Waals surface area contributed by atoms with E-state index in [1.807, 2.05) is 12.1 Å². The van der Waals surface area contributed by atoms with Crippen molar-refractivity contribution in [3.8, 4) is 5.75 Å². The van der Waals surface area contributed by atoms with E-state index < -0.39 is 0 Å². The van der Waals surface area contributed by atoms with E-state index in [9.17, 15) is 0 Å². The van der Waals surface area contributed by atoms with Gasteiger partial charge in [0.1, 0.15) is 11.5 Å². The van der Waals surface area contributed by atoms with Crippen molar-refractivity contribution >= 4 is 23.2 Å². The molecule has 0 aliphatic heterocycles. The summed E-state index contributed by atoms with van der Waals surface area (Å²) in [6.07, 6.45) is 3.41. The van der Waals surface area contributed by atoms with Gasteiger partial charge >= 0.3 is 0 Å². The predicted octanol–water partition coefficient (Wildman–Crippen LogP) is 4.60.